The number of carbonyl (C=O) groups excluding carboxylic acids is 4. The lowest BCUT2D eigenvalue weighted by Crippen LogP contribution is -2.48. The molecule has 330 valence electrons. The fourth-order valence-corrected chi connectivity index (χ4v) is 6.77. The van der Waals surface area contributed by atoms with Crippen LogP contribution in [0.25, 0.3) is 0 Å². The van der Waals surface area contributed by atoms with Crippen molar-refractivity contribution in [3.05, 3.63) is 179 Å². The smallest absolute Gasteiger partial charge is 0.353 e. The van der Waals surface area contributed by atoms with Gasteiger partial charge in [-0.2, -0.15) is 0 Å². The predicted molar refractivity (Wildman–Crippen MR) is 232 cm³/mol. The van der Waals surface area contributed by atoms with Crippen LogP contribution in [0.1, 0.15) is 55.2 Å². The van der Waals surface area contributed by atoms with Crippen LogP contribution in [-0.4, -0.2) is 78.7 Å². The molecule has 0 radical (unpaired) electrons. The van der Waals surface area contributed by atoms with Crippen LogP contribution < -0.4 is 28.4 Å². The van der Waals surface area contributed by atoms with E-state index >= 15 is 0 Å². The zero-order valence-electron chi connectivity index (χ0n) is 35.9. The van der Waals surface area contributed by atoms with Crippen molar-refractivity contribution in [1.29, 1.82) is 0 Å². The van der Waals surface area contributed by atoms with E-state index in [2.05, 4.69) is 0 Å². The first-order chi connectivity index (χ1) is 31.1. The second kappa shape index (κ2) is 21.7. The first kappa shape index (κ1) is 45.5. The van der Waals surface area contributed by atoms with Gasteiger partial charge in [0.2, 0.25) is 23.7 Å². The van der Waals surface area contributed by atoms with E-state index in [9.17, 15) is 19.2 Å². The highest BCUT2D eigenvalue weighted by atomic mass is 16.6. The average molecular weight is 871 g/mol. The lowest BCUT2D eigenvalue weighted by atomic mass is 10.0. The molecule has 0 spiro atoms. The Morgan fingerprint density at radius 1 is 0.344 bits per heavy atom. The van der Waals surface area contributed by atoms with Gasteiger partial charge in [0.05, 0.1) is 53.8 Å². The Morgan fingerprint density at radius 2 is 0.594 bits per heavy atom. The third-order valence-corrected chi connectivity index (χ3v) is 9.89. The molecule has 0 bridgehead atoms. The molecule has 14 nitrogen and oxygen atoms in total. The molecule has 0 aliphatic rings. The molecule has 0 amide bonds. The van der Waals surface area contributed by atoms with Gasteiger partial charge in [-0.05, 0) is 46.5 Å². The molecular formula is C50H46O14. The fourth-order valence-electron chi connectivity index (χ4n) is 6.77. The summed E-state index contributed by atoms with van der Waals surface area (Å²) in [5.41, 5.74) is 1.78. The Balaban J connectivity index is 1.51. The van der Waals surface area contributed by atoms with E-state index < -0.39 is 48.3 Å². The highest BCUT2D eigenvalue weighted by Crippen LogP contribution is 2.40. The molecule has 0 fully saturated rings. The van der Waals surface area contributed by atoms with Crippen molar-refractivity contribution in [2.75, 3.05) is 42.7 Å². The van der Waals surface area contributed by atoms with E-state index in [1.807, 2.05) is 0 Å². The first-order valence-electron chi connectivity index (χ1n) is 19.8. The van der Waals surface area contributed by atoms with Crippen LogP contribution in [0.4, 0.5) is 0 Å². The Morgan fingerprint density at radius 3 is 0.812 bits per heavy atom. The fraction of sp³-hybridized carbons (Fsp3) is 0.200. The van der Waals surface area contributed by atoms with Crippen LogP contribution in [0.15, 0.2) is 146 Å². The van der Waals surface area contributed by atoms with Crippen LogP contribution in [-0.2, 0) is 28.5 Å². The molecule has 64 heavy (non-hydrogen) atoms. The molecule has 2 atom stereocenters. The minimum atomic E-state index is -2.31. The van der Waals surface area contributed by atoms with Gasteiger partial charge in [-0.1, -0.05) is 121 Å². The summed E-state index contributed by atoms with van der Waals surface area (Å²) >= 11 is 0. The quantitative estimate of drug-likeness (QED) is 0.0567. The molecule has 0 saturated carbocycles. The number of rotatable bonds is 19. The van der Waals surface area contributed by atoms with Crippen LogP contribution in [0.2, 0.25) is 0 Å². The minimum absolute atomic E-state index is 0.0829. The lowest BCUT2D eigenvalue weighted by molar-refractivity contribution is -0.178. The van der Waals surface area contributed by atoms with Crippen LogP contribution >= 0.6 is 0 Å². The van der Waals surface area contributed by atoms with Gasteiger partial charge in [0.25, 0.3) is 0 Å². The molecule has 6 aromatic carbocycles. The van der Waals surface area contributed by atoms with Gasteiger partial charge >= 0.3 is 23.9 Å². The monoisotopic (exact) mass is 870 g/mol. The molecule has 0 saturated heterocycles. The summed E-state index contributed by atoms with van der Waals surface area (Å²) in [6.07, 6.45) is -6.82. The van der Waals surface area contributed by atoms with Gasteiger partial charge in [-0.3, -0.25) is 0 Å². The van der Waals surface area contributed by atoms with Crippen molar-refractivity contribution in [1.82, 2.24) is 0 Å². The highest BCUT2D eigenvalue weighted by Gasteiger charge is 2.45. The summed E-state index contributed by atoms with van der Waals surface area (Å²) in [6, 6.07) is 40.3. The van der Waals surface area contributed by atoms with Gasteiger partial charge in [0, 0.05) is 0 Å². The number of hydrogen-bond acceptors (Lipinski definition) is 14. The summed E-state index contributed by atoms with van der Waals surface area (Å²) in [5, 5.41) is 0. The number of ether oxygens (including phenoxy) is 10. The lowest BCUT2D eigenvalue weighted by Gasteiger charge is -2.28. The third-order valence-electron chi connectivity index (χ3n) is 9.89. The largest absolute Gasteiger partial charge is 0.493 e. The SMILES string of the molecule is COc1cc(C(=O)O[C@@H](C(=O)OC(c2ccccc2)c2ccccc2)[C@@H](OC(=O)c2cc(OC)c(OC)c(OC)c2)C(=O)OC(c2ccccc2)c2ccccc2)cc(OC)c1OC. The Labute approximate surface area is 370 Å². The maximum absolute atomic E-state index is 15.0. The maximum atomic E-state index is 15.0. The Hall–Kier alpha value is -8.00. The second-order valence-electron chi connectivity index (χ2n) is 13.8. The second-order valence-corrected chi connectivity index (χ2v) is 13.8. The Bertz CT molecular complexity index is 2210. The Kier molecular flexibility index (Phi) is 15.4. The van der Waals surface area contributed by atoms with Crippen LogP contribution in [0, 0.1) is 0 Å². The summed E-state index contributed by atoms with van der Waals surface area (Å²) in [5.74, 6) is -4.21. The molecule has 6 aromatic rings. The summed E-state index contributed by atoms with van der Waals surface area (Å²) in [7, 11) is 8.18. The number of methoxy groups -OCH3 is 6. The van der Waals surface area contributed by atoms with Crippen molar-refractivity contribution >= 4 is 23.9 Å². The standard InChI is InChI=1S/C50H46O14/c1-55-37-27-35(28-38(56-2)43(37)59-5)47(51)63-45(49(53)61-41(31-19-11-7-12-20-31)32-21-13-8-14-22-32)46(64-48(52)36-29-39(57-3)44(60-6)40(30-36)58-4)50(54)62-42(33-23-15-9-16-24-33)34-25-17-10-18-26-34/h7-30,41-42,45-46H,1-6H3/t45-,46-/m1/s1. The molecule has 0 aromatic heterocycles. The topological polar surface area (TPSA) is 161 Å². The third kappa shape index (κ3) is 10.5. The maximum Gasteiger partial charge on any atom is 0.353 e. The first-order valence-corrected chi connectivity index (χ1v) is 19.8. The van der Waals surface area contributed by atoms with E-state index in [0.717, 1.165) is 0 Å². The number of benzene rings is 6. The summed E-state index contributed by atoms with van der Waals surface area (Å²) in [4.78, 5) is 58.7. The van der Waals surface area contributed by atoms with Gasteiger partial charge < -0.3 is 47.4 Å². The van der Waals surface area contributed by atoms with E-state index in [1.54, 1.807) is 121 Å². The number of hydrogen-bond donors (Lipinski definition) is 0. The molecule has 0 aliphatic heterocycles. The van der Waals surface area contributed by atoms with E-state index in [4.69, 9.17) is 47.4 Å². The average Bonchev–Trinajstić information content (AvgIpc) is 3.35. The predicted octanol–water partition coefficient (Wildman–Crippen LogP) is 8.15. The van der Waals surface area contributed by atoms with Gasteiger partial charge in [0.15, 0.2) is 35.2 Å². The van der Waals surface area contributed by atoms with Crippen LogP contribution in [0.3, 0.4) is 0 Å². The van der Waals surface area contributed by atoms with Gasteiger partial charge in [-0.15, -0.1) is 0 Å². The molecule has 0 N–H and O–H groups in total. The minimum Gasteiger partial charge on any atom is -0.493 e. The molecule has 0 heterocycles. The van der Waals surface area contributed by atoms with E-state index in [1.165, 1.54) is 66.9 Å². The summed E-state index contributed by atoms with van der Waals surface area (Å²) < 4.78 is 57.1. The highest BCUT2D eigenvalue weighted by molar-refractivity contribution is 5.97. The van der Waals surface area contributed by atoms with Crippen LogP contribution in [0.5, 0.6) is 34.5 Å². The van der Waals surface area contributed by atoms with Crippen molar-refractivity contribution in [2.45, 2.75) is 24.4 Å². The van der Waals surface area contributed by atoms with Crippen molar-refractivity contribution in [3.63, 3.8) is 0 Å². The van der Waals surface area contributed by atoms with E-state index in [-0.39, 0.29) is 45.6 Å². The molecule has 0 aliphatic carbocycles. The zero-order valence-corrected chi connectivity index (χ0v) is 35.9. The summed E-state index contributed by atoms with van der Waals surface area (Å²) in [6.45, 7) is 0. The number of esters is 4. The van der Waals surface area contributed by atoms with Crippen molar-refractivity contribution in [3.8, 4) is 34.5 Å². The van der Waals surface area contributed by atoms with E-state index in [0.29, 0.717) is 22.3 Å². The molecular weight excluding hydrogens is 825 g/mol. The molecule has 6 rings (SSSR count). The number of carbonyl (C=O) groups is 4. The van der Waals surface area contributed by atoms with Crippen molar-refractivity contribution in [2.24, 2.45) is 0 Å². The molecule has 14 heteroatoms. The normalized spacial score (nSPS) is 11.7. The van der Waals surface area contributed by atoms with Gasteiger partial charge in [-0.25, -0.2) is 19.2 Å². The molecule has 0 unspecified atom stereocenters. The van der Waals surface area contributed by atoms with Gasteiger partial charge in [0.1, 0.15) is 0 Å². The zero-order chi connectivity index (χ0) is 45.6. The van der Waals surface area contributed by atoms with Crippen molar-refractivity contribution < 1.29 is 66.5 Å².